The Labute approximate surface area is 142 Å². The van der Waals surface area contributed by atoms with Crippen molar-refractivity contribution in [2.45, 2.75) is 136 Å². The second-order valence-electron chi connectivity index (χ2n) is 4.22. The first kappa shape index (κ1) is 42.9. The summed E-state index contributed by atoms with van der Waals surface area (Å²) in [6.07, 6.45) is 8.09. The molecular weight excluding hydrogens is 252 g/mol. The van der Waals surface area contributed by atoms with Crippen molar-refractivity contribution < 1.29 is 0 Å². The van der Waals surface area contributed by atoms with E-state index in [0.29, 0.717) is 0 Å². The SMILES string of the molecule is C.CC.CC.CC.CCC.CCC(C)C.CCCCCC. The number of hydrogen-bond donors (Lipinski definition) is 0. The van der Waals surface area contributed by atoms with Gasteiger partial charge in [0.15, 0.2) is 0 Å². The fraction of sp³-hybridized carbons (Fsp3) is 1.00. The summed E-state index contributed by atoms with van der Waals surface area (Å²) in [5.74, 6) is 0.884. The van der Waals surface area contributed by atoms with Gasteiger partial charge in [-0.3, -0.25) is 0 Å². The molecule has 140 valence electrons. The number of hydrogen-bond acceptors (Lipinski definition) is 0. The predicted molar refractivity (Wildman–Crippen MR) is 112 cm³/mol. The van der Waals surface area contributed by atoms with Crippen molar-refractivity contribution in [3.63, 3.8) is 0 Å². The normalized spacial score (nSPS) is 6.57. The van der Waals surface area contributed by atoms with Crippen LogP contribution in [0.1, 0.15) is 136 Å². The molecular formula is C21H56. The second-order valence-corrected chi connectivity index (χ2v) is 4.22. The highest BCUT2D eigenvalue weighted by Crippen LogP contribution is 1.95. The van der Waals surface area contributed by atoms with E-state index in [9.17, 15) is 0 Å². The van der Waals surface area contributed by atoms with Crippen molar-refractivity contribution >= 4 is 0 Å². The Bertz CT molecular complexity index is 51.1. The van der Waals surface area contributed by atoms with Gasteiger partial charge in [0.25, 0.3) is 0 Å². The highest BCUT2D eigenvalue weighted by Gasteiger charge is 1.80. The van der Waals surface area contributed by atoms with Crippen molar-refractivity contribution in [1.29, 1.82) is 0 Å². The third-order valence-electron chi connectivity index (χ3n) is 1.77. The Morgan fingerprint density at radius 3 is 0.762 bits per heavy atom. The summed E-state index contributed by atoms with van der Waals surface area (Å²) in [6.45, 7) is 27.4. The lowest BCUT2D eigenvalue weighted by Crippen LogP contribution is -1.77. The Kier molecular flexibility index (Phi) is 182. The Morgan fingerprint density at radius 1 is 0.571 bits per heavy atom. The lowest BCUT2D eigenvalue weighted by molar-refractivity contribution is 0.626. The first-order valence-electron chi connectivity index (χ1n) is 9.60. The summed E-state index contributed by atoms with van der Waals surface area (Å²) in [5.41, 5.74) is 0. The maximum absolute atomic E-state index is 2.23. The van der Waals surface area contributed by atoms with E-state index in [4.69, 9.17) is 0 Å². The third-order valence-corrected chi connectivity index (χ3v) is 1.77. The quantitative estimate of drug-likeness (QED) is 0.453. The maximum Gasteiger partial charge on any atom is -0.0474 e. The fourth-order valence-corrected chi connectivity index (χ4v) is 0.500. The van der Waals surface area contributed by atoms with Crippen LogP contribution < -0.4 is 0 Å². The van der Waals surface area contributed by atoms with Crippen molar-refractivity contribution in [3.05, 3.63) is 0 Å². The molecule has 0 aliphatic carbocycles. The monoisotopic (exact) mass is 308 g/mol. The molecule has 0 fully saturated rings. The zero-order valence-corrected chi connectivity index (χ0v) is 17.8. The van der Waals surface area contributed by atoms with Gasteiger partial charge < -0.3 is 0 Å². The smallest absolute Gasteiger partial charge is 0.0474 e. The van der Waals surface area contributed by atoms with Crippen LogP contribution in [0.15, 0.2) is 0 Å². The molecule has 0 radical (unpaired) electrons. The molecule has 0 aliphatic heterocycles. The third kappa shape index (κ3) is 259. The van der Waals surface area contributed by atoms with Crippen LogP contribution in [0.3, 0.4) is 0 Å². The number of rotatable bonds is 4. The summed E-state index contributed by atoms with van der Waals surface area (Å²) in [4.78, 5) is 0. The van der Waals surface area contributed by atoms with E-state index in [0.717, 1.165) is 5.92 Å². The van der Waals surface area contributed by atoms with Gasteiger partial charge in [0.1, 0.15) is 0 Å². The van der Waals surface area contributed by atoms with E-state index in [1.54, 1.807) is 0 Å². The Hall–Kier alpha value is 0. The van der Waals surface area contributed by atoms with Gasteiger partial charge in [0.05, 0.1) is 0 Å². The van der Waals surface area contributed by atoms with Crippen molar-refractivity contribution in [2.75, 3.05) is 0 Å². The average Bonchev–Trinajstić information content (AvgIpc) is 2.52. The molecule has 0 unspecified atom stereocenters. The van der Waals surface area contributed by atoms with Crippen LogP contribution in [-0.2, 0) is 0 Å². The van der Waals surface area contributed by atoms with Gasteiger partial charge in [0, 0.05) is 0 Å². The molecule has 0 aromatic carbocycles. The van der Waals surface area contributed by atoms with Gasteiger partial charge in [-0.05, 0) is 5.92 Å². The lowest BCUT2D eigenvalue weighted by Gasteiger charge is -1.90. The molecule has 0 bridgehead atoms. The molecule has 0 aromatic rings. The maximum atomic E-state index is 2.23. The number of unbranched alkanes of at least 4 members (excludes halogenated alkanes) is 3. The van der Waals surface area contributed by atoms with Gasteiger partial charge in [-0.2, -0.15) is 0 Å². The molecule has 0 rings (SSSR count). The zero-order chi connectivity index (χ0) is 17.8. The first-order chi connectivity index (χ1) is 9.60. The minimum absolute atomic E-state index is 0. The minimum Gasteiger partial charge on any atom is -0.0776 e. The summed E-state index contributed by atoms with van der Waals surface area (Å²) in [5, 5.41) is 0. The summed E-state index contributed by atoms with van der Waals surface area (Å²) >= 11 is 0. The molecule has 21 heavy (non-hydrogen) atoms. The standard InChI is InChI=1S/C6H14.C5H12.C3H8.3C2H6.CH4/c1-3-5-6-4-2;1-4-5(2)3;1-3-2;3*1-2;/h3-6H2,1-2H3;5H,4H2,1-3H3;3H2,1-2H3;3*1-2H3;1H4. The molecule has 0 nitrogen and oxygen atoms in total. The summed E-state index contributed by atoms with van der Waals surface area (Å²) in [6, 6.07) is 0. The van der Waals surface area contributed by atoms with Crippen LogP contribution in [0, 0.1) is 5.92 Å². The van der Waals surface area contributed by atoms with Crippen LogP contribution in [0.25, 0.3) is 0 Å². The lowest BCUT2D eigenvalue weighted by atomic mass is 10.2. The van der Waals surface area contributed by atoms with Gasteiger partial charge in [-0.25, -0.2) is 0 Å². The Balaban J connectivity index is -0.0000000239. The van der Waals surface area contributed by atoms with E-state index in [1.807, 2.05) is 41.5 Å². The molecule has 0 aromatic heterocycles. The van der Waals surface area contributed by atoms with Crippen LogP contribution in [-0.4, -0.2) is 0 Å². The van der Waals surface area contributed by atoms with Crippen molar-refractivity contribution in [1.82, 2.24) is 0 Å². The molecule has 0 amide bonds. The first-order valence-corrected chi connectivity index (χ1v) is 9.60. The van der Waals surface area contributed by atoms with Gasteiger partial charge in [0.2, 0.25) is 0 Å². The average molecular weight is 309 g/mol. The van der Waals surface area contributed by atoms with Crippen molar-refractivity contribution in [3.8, 4) is 0 Å². The van der Waals surface area contributed by atoms with E-state index in [1.165, 1.54) is 38.5 Å². The van der Waals surface area contributed by atoms with E-state index in [-0.39, 0.29) is 7.43 Å². The summed E-state index contributed by atoms with van der Waals surface area (Å²) < 4.78 is 0. The molecule has 0 spiro atoms. The second kappa shape index (κ2) is 89.1. The highest BCUT2D eigenvalue weighted by atomic mass is 13.9. The van der Waals surface area contributed by atoms with Crippen LogP contribution in [0.4, 0.5) is 0 Å². The van der Waals surface area contributed by atoms with Crippen LogP contribution in [0.2, 0.25) is 0 Å². The van der Waals surface area contributed by atoms with Gasteiger partial charge in [-0.15, -0.1) is 0 Å². The van der Waals surface area contributed by atoms with Crippen LogP contribution >= 0.6 is 0 Å². The Morgan fingerprint density at radius 2 is 0.714 bits per heavy atom. The summed E-state index contributed by atoms with van der Waals surface area (Å²) in [7, 11) is 0. The molecule has 0 heteroatoms. The molecule has 0 saturated heterocycles. The van der Waals surface area contributed by atoms with Crippen LogP contribution in [0.5, 0.6) is 0 Å². The van der Waals surface area contributed by atoms with E-state index < -0.39 is 0 Å². The van der Waals surface area contributed by atoms with Gasteiger partial charge in [-0.1, -0.05) is 136 Å². The van der Waals surface area contributed by atoms with E-state index >= 15 is 0 Å². The van der Waals surface area contributed by atoms with Gasteiger partial charge >= 0.3 is 0 Å². The largest absolute Gasteiger partial charge is 0.0776 e. The molecule has 0 N–H and O–H groups in total. The van der Waals surface area contributed by atoms with E-state index in [2.05, 4.69) is 48.5 Å². The van der Waals surface area contributed by atoms with Crippen molar-refractivity contribution in [2.24, 2.45) is 5.92 Å². The molecule has 0 saturated carbocycles. The topological polar surface area (TPSA) is 0 Å². The molecule has 0 atom stereocenters. The fourth-order valence-electron chi connectivity index (χ4n) is 0.500. The highest BCUT2D eigenvalue weighted by molar-refractivity contribution is 4.32. The predicted octanol–water partition coefficient (Wildman–Crippen LogP) is 9.77. The minimum atomic E-state index is 0. The zero-order valence-electron chi connectivity index (χ0n) is 17.8. The molecule has 0 aliphatic rings. The molecule has 0 heterocycles.